The Labute approximate surface area is 107 Å². The molecule has 0 radical (unpaired) electrons. The molecule has 0 aliphatic rings. The number of nitrogens with zero attached hydrogens (tertiary/aromatic N) is 1. The number of rotatable bonds is 5. The summed E-state index contributed by atoms with van der Waals surface area (Å²) in [5, 5.41) is 3.68. The zero-order chi connectivity index (χ0) is 12.8. The van der Waals surface area contributed by atoms with E-state index in [9.17, 15) is 4.79 Å². The van der Waals surface area contributed by atoms with Crippen molar-refractivity contribution in [1.82, 2.24) is 10.2 Å². The van der Waals surface area contributed by atoms with Gasteiger partial charge in [-0.15, -0.1) is 0 Å². The lowest BCUT2D eigenvalue weighted by molar-refractivity contribution is -0.130. The molecule has 0 aromatic heterocycles. The molecule has 1 amide bonds. The van der Waals surface area contributed by atoms with Crippen LogP contribution in [0.15, 0.2) is 18.2 Å². The van der Waals surface area contributed by atoms with E-state index >= 15 is 0 Å². The Kier molecular flexibility index (Phi) is 5.25. The number of carbonyl (C=O) groups is 1. The number of carbonyl (C=O) groups excluding carboxylic acids is 1. The molecular formula is C12H17ClN2O2. The van der Waals surface area contributed by atoms with Gasteiger partial charge in [-0.2, -0.15) is 0 Å². The summed E-state index contributed by atoms with van der Waals surface area (Å²) in [4.78, 5) is 12.9. The summed E-state index contributed by atoms with van der Waals surface area (Å²) in [5.74, 6) is 0.606. The van der Waals surface area contributed by atoms with E-state index < -0.39 is 0 Å². The zero-order valence-corrected chi connectivity index (χ0v) is 11.0. The third kappa shape index (κ3) is 4.24. The molecular weight excluding hydrogens is 240 g/mol. The van der Waals surface area contributed by atoms with E-state index in [0.717, 1.165) is 5.56 Å². The minimum atomic E-state index is -0.0737. The quantitative estimate of drug-likeness (QED) is 0.869. The van der Waals surface area contributed by atoms with Gasteiger partial charge < -0.3 is 15.0 Å². The molecule has 17 heavy (non-hydrogen) atoms. The van der Waals surface area contributed by atoms with Gasteiger partial charge in [-0.25, -0.2) is 0 Å². The van der Waals surface area contributed by atoms with Crippen LogP contribution in [-0.4, -0.2) is 38.6 Å². The maximum atomic E-state index is 11.4. The number of halogens is 1. The Morgan fingerprint density at radius 3 is 2.76 bits per heavy atom. The molecule has 0 atom stereocenters. The largest absolute Gasteiger partial charge is 0.483 e. The van der Waals surface area contributed by atoms with Crippen LogP contribution >= 0.6 is 11.6 Å². The molecule has 1 rings (SSSR count). The predicted molar refractivity (Wildman–Crippen MR) is 68.4 cm³/mol. The van der Waals surface area contributed by atoms with Gasteiger partial charge in [0.2, 0.25) is 0 Å². The normalized spacial score (nSPS) is 10.1. The minimum Gasteiger partial charge on any atom is -0.483 e. The highest BCUT2D eigenvalue weighted by molar-refractivity contribution is 6.30. The number of likely N-dealkylation sites (N-methyl/N-ethyl adjacent to an activating group) is 1. The van der Waals surface area contributed by atoms with Crippen molar-refractivity contribution in [3.8, 4) is 5.75 Å². The van der Waals surface area contributed by atoms with E-state index in [2.05, 4.69) is 5.32 Å². The summed E-state index contributed by atoms with van der Waals surface area (Å²) in [7, 11) is 5.24. The fourth-order valence-electron chi connectivity index (χ4n) is 1.29. The molecule has 0 aliphatic heterocycles. The second-order valence-electron chi connectivity index (χ2n) is 3.86. The van der Waals surface area contributed by atoms with E-state index in [0.29, 0.717) is 17.3 Å². The van der Waals surface area contributed by atoms with Gasteiger partial charge in [-0.05, 0) is 25.2 Å². The molecule has 0 unspecified atom stereocenters. The Morgan fingerprint density at radius 1 is 1.47 bits per heavy atom. The van der Waals surface area contributed by atoms with E-state index in [1.807, 2.05) is 13.1 Å². The number of nitrogens with one attached hydrogen (secondary N) is 1. The highest BCUT2D eigenvalue weighted by atomic mass is 35.5. The lowest BCUT2D eigenvalue weighted by Crippen LogP contribution is -2.27. The Balaban J connectivity index is 2.72. The molecule has 1 aromatic carbocycles. The molecule has 4 nitrogen and oxygen atoms in total. The fraction of sp³-hybridized carbons (Fsp3) is 0.417. The highest BCUT2D eigenvalue weighted by Gasteiger charge is 2.08. The number of hydrogen-bond donors (Lipinski definition) is 1. The van der Waals surface area contributed by atoms with E-state index in [1.54, 1.807) is 26.2 Å². The van der Waals surface area contributed by atoms with Gasteiger partial charge >= 0.3 is 0 Å². The highest BCUT2D eigenvalue weighted by Crippen LogP contribution is 2.22. The minimum absolute atomic E-state index is 0.0331. The lowest BCUT2D eigenvalue weighted by atomic mass is 10.2. The van der Waals surface area contributed by atoms with Crippen LogP contribution in [0.2, 0.25) is 5.02 Å². The monoisotopic (exact) mass is 256 g/mol. The van der Waals surface area contributed by atoms with Crippen molar-refractivity contribution < 1.29 is 9.53 Å². The summed E-state index contributed by atoms with van der Waals surface area (Å²) < 4.78 is 5.48. The number of hydrogen-bond acceptors (Lipinski definition) is 3. The molecule has 0 fully saturated rings. The van der Waals surface area contributed by atoms with Crippen LogP contribution in [0.3, 0.4) is 0 Å². The van der Waals surface area contributed by atoms with Crippen molar-refractivity contribution in [1.29, 1.82) is 0 Å². The van der Waals surface area contributed by atoms with Crippen LogP contribution in [0.25, 0.3) is 0 Å². The van der Waals surface area contributed by atoms with Crippen molar-refractivity contribution in [3.05, 3.63) is 28.8 Å². The second kappa shape index (κ2) is 6.47. The maximum Gasteiger partial charge on any atom is 0.259 e. The zero-order valence-electron chi connectivity index (χ0n) is 10.3. The van der Waals surface area contributed by atoms with Gasteiger partial charge in [0, 0.05) is 31.2 Å². The lowest BCUT2D eigenvalue weighted by Gasteiger charge is -2.14. The molecule has 94 valence electrons. The Morgan fingerprint density at radius 2 is 2.18 bits per heavy atom. The number of ether oxygens (including phenoxy) is 1. The predicted octanol–water partition coefficient (Wildman–Crippen LogP) is 1.53. The molecule has 0 spiro atoms. The molecule has 0 saturated heterocycles. The van der Waals surface area contributed by atoms with Crippen LogP contribution in [0.5, 0.6) is 5.75 Å². The topological polar surface area (TPSA) is 41.6 Å². The molecule has 5 heteroatoms. The van der Waals surface area contributed by atoms with Crippen molar-refractivity contribution in [2.24, 2.45) is 0 Å². The van der Waals surface area contributed by atoms with Gasteiger partial charge in [-0.1, -0.05) is 11.6 Å². The maximum absolute atomic E-state index is 11.4. The standard InChI is InChI=1S/C12H17ClN2O2/c1-14-7-9-6-10(13)4-5-11(9)17-8-12(16)15(2)3/h4-6,14H,7-8H2,1-3H3. The molecule has 1 N–H and O–H groups in total. The van der Waals surface area contributed by atoms with E-state index in [-0.39, 0.29) is 12.5 Å². The third-order valence-corrected chi connectivity index (χ3v) is 2.47. The molecule has 0 bridgehead atoms. The van der Waals surface area contributed by atoms with Crippen molar-refractivity contribution in [2.75, 3.05) is 27.7 Å². The first kappa shape index (κ1) is 13.8. The molecule has 0 saturated carbocycles. The van der Waals surface area contributed by atoms with Crippen molar-refractivity contribution in [3.63, 3.8) is 0 Å². The average molecular weight is 257 g/mol. The van der Waals surface area contributed by atoms with Crippen LogP contribution < -0.4 is 10.1 Å². The van der Waals surface area contributed by atoms with Gasteiger partial charge in [0.15, 0.2) is 6.61 Å². The first-order valence-corrected chi connectivity index (χ1v) is 5.68. The summed E-state index contributed by atoms with van der Waals surface area (Å²) in [6, 6.07) is 5.35. The summed E-state index contributed by atoms with van der Waals surface area (Å²) >= 11 is 5.91. The van der Waals surface area contributed by atoms with Gasteiger partial charge in [0.25, 0.3) is 5.91 Å². The van der Waals surface area contributed by atoms with Gasteiger partial charge in [-0.3, -0.25) is 4.79 Å². The van der Waals surface area contributed by atoms with Crippen LogP contribution in [-0.2, 0) is 11.3 Å². The van der Waals surface area contributed by atoms with Crippen LogP contribution in [0, 0.1) is 0 Å². The first-order valence-electron chi connectivity index (χ1n) is 5.30. The molecule has 1 aromatic rings. The summed E-state index contributed by atoms with van der Waals surface area (Å²) in [6.45, 7) is 0.678. The van der Waals surface area contributed by atoms with E-state index in [4.69, 9.17) is 16.3 Å². The van der Waals surface area contributed by atoms with Gasteiger partial charge in [0.05, 0.1) is 0 Å². The summed E-state index contributed by atoms with van der Waals surface area (Å²) in [5.41, 5.74) is 0.937. The Bertz CT molecular complexity index is 394. The number of benzene rings is 1. The second-order valence-corrected chi connectivity index (χ2v) is 4.30. The van der Waals surface area contributed by atoms with Crippen molar-refractivity contribution in [2.45, 2.75) is 6.54 Å². The third-order valence-electron chi connectivity index (χ3n) is 2.24. The van der Waals surface area contributed by atoms with Gasteiger partial charge in [0.1, 0.15) is 5.75 Å². The van der Waals surface area contributed by atoms with E-state index in [1.165, 1.54) is 4.90 Å². The molecule has 0 aliphatic carbocycles. The van der Waals surface area contributed by atoms with Crippen molar-refractivity contribution >= 4 is 17.5 Å². The van der Waals surface area contributed by atoms with Crippen LogP contribution in [0.1, 0.15) is 5.56 Å². The average Bonchev–Trinajstić information content (AvgIpc) is 2.28. The number of amides is 1. The molecule has 0 heterocycles. The summed E-state index contributed by atoms with van der Waals surface area (Å²) in [6.07, 6.45) is 0. The Hall–Kier alpha value is -1.26. The van der Waals surface area contributed by atoms with Crippen LogP contribution in [0.4, 0.5) is 0 Å². The first-order chi connectivity index (χ1) is 8.04. The smallest absolute Gasteiger partial charge is 0.259 e. The SMILES string of the molecule is CNCc1cc(Cl)ccc1OCC(=O)N(C)C. The fourth-order valence-corrected chi connectivity index (χ4v) is 1.48.